The summed E-state index contributed by atoms with van der Waals surface area (Å²) in [7, 11) is 0. The number of hydrogen-bond donors (Lipinski definition) is 1. The summed E-state index contributed by atoms with van der Waals surface area (Å²) in [5.41, 5.74) is 1.05. The smallest absolute Gasteiger partial charge is 0.115 e. The van der Waals surface area contributed by atoms with Crippen molar-refractivity contribution in [3.63, 3.8) is 0 Å². The quantitative estimate of drug-likeness (QED) is 0.624. The van der Waals surface area contributed by atoms with E-state index in [0.717, 1.165) is 5.69 Å². The minimum atomic E-state index is 0.578. The lowest BCUT2D eigenvalue weighted by Gasteiger charge is -2.19. The first-order valence-electron chi connectivity index (χ1n) is 7.38. The van der Waals surface area contributed by atoms with Crippen LogP contribution in [0.3, 0.4) is 0 Å². The summed E-state index contributed by atoms with van der Waals surface area (Å²) in [5, 5.41) is 3.57. The van der Waals surface area contributed by atoms with Crippen LogP contribution >= 0.6 is 0 Å². The first-order valence-corrected chi connectivity index (χ1v) is 7.38. The fourth-order valence-electron chi connectivity index (χ4n) is 2.18. The van der Waals surface area contributed by atoms with Crippen molar-refractivity contribution in [2.45, 2.75) is 71.3 Å². The van der Waals surface area contributed by atoms with Crippen LogP contribution in [0.25, 0.3) is 0 Å². The minimum Gasteiger partial charge on any atom is -0.380 e. The van der Waals surface area contributed by atoms with E-state index in [0.29, 0.717) is 6.04 Å². The average molecular weight is 249 g/mol. The SMILES string of the molecule is CCCCCC(CCCCC)Nc1cncnc1. The Bertz CT molecular complexity index is 277. The minimum absolute atomic E-state index is 0.578. The van der Waals surface area contributed by atoms with E-state index < -0.39 is 0 Å². The highest BCUT2D eigenvalue weighted by Crippen LogP contribution is 2.15. The molecule has 0 radical (unpaired) electrons. The fraction of sp³-hybridized carbons (Fsp3) is 0.733. The second-order valence-corrected chi connectivity index (χ2v) is 4.96. The molecule has 102 valence electrons. The molecule has 18 heavy (non-hydrogen) atoms. The lowest BCUT2D eigenvalue weighted by Crippen LogP contribution is -2.19. The van der Waals surface area contributed by atoms with Gasteiger partial charge in [0.05, 0.1) is 18.1 Å². The molecule has 1 rings (SSSR count). The number of hydrogen-bond acceptors (Lipinski definition) is 3. The van der Waals surface area contributed by atoms with Crippen LogP contribution < -0.4 is 5.32 Å². The van der Waals surface area contributed by atoms with Gasteiger partial charge in [-0.2, -0.15) is 0 Å². The van der Waals surface area contributed by atoms with Crippen molar-refractivity contribution in [3.8, 4) is 0 Å². The average Bonchev–Trinajstić information content (AvgIpc) is 2.40. The number of nitrogens with zero attached hydrogens (tertiary/aromatic N) is 2. The molecule has 0 aliphatic carbocycles. The molecule has 0 bridgehead atoms. The molecule has 1 aromatic heterocycles. The predicted octanol–water partition coefficient (Wildman–Crippen LogP) is 4.42. The van der Waals surface area contributed by atoms with Gasteiger partial charge in [-0.25, -0.2) is 9.97 Å². The molecule has 0 saturated carbocycles. The number of anilines is 1. The van der Waals surface area contributed by atoms with Crippen LogP contribution in [0.4, 0.5) is 5.69 Å². The van der Waals surface area contributed by atoms with Crippen molar-refractivity contribution in [3.05, 3.63) is 18.7 Å². The van der Waals surface area contributed by atoms with Crippen LogP contribution in [0.15, 0.2) is 18.7 Å². The van der Waals surface area contributed by atoms with Gasteiger partial charge in [0, 0.05) is 6.04 Å². The van der Waals surface area contributed by atoms with Gasteiger partial charge in [0.2, 0.25) is 0 Å². The van der Waals surface area contributed by atoms with Gasteiger partial charge in [0.25, 0.3) is 0 Å². The van der Waals surface area contributed by atoms with Crippen LogP contribution in [-0.4, -0.2) is 16.0 Å². The van der Waals surface area contributed by atoms with E-state index in [1.54, 1.807) is 6.33 Å². The molecule has 3 nitrogen and oxygen atoms in total. The van der Waals surface area contributed by atoms with Gasteiger partial charge in [-0.3, -0.25) is 0 Å². The zero-order valence-corrected chi connectivity index (χ0v) is 11.9. The highest BCUT2D eigenvalue weighted by molar-refractivity contribution is 5.38. The number of nitrogens with one attached hydrogen (secondary N) is 1. The van der Waals surface area contributed by atoms with Gasteiger partial charge < -0.3 is 5.32 Å². The molecule has 0 aromatic carbocycles. The number of aromatic nitrogens is 2. The molecule has 0 fully saturated rings. The molecule has 0 saturated heterocycles. The summed E-state index contributed by atoms with van der Waals surface area (Å²) in [6.07, 6.45) is 15.7. The Morgan fingerprint density at radius 1 is 0.944 bits per heavy atom. The van der Waals surface area contributed by atoms with Crippen LogP contribution in [0.1, 0.15) is 65.2 Å². The topological polar surface area (TPSA) is 37.8 Å². The van der Waals surface area contributed by atoms with Crippen molar-refractivity contribution < 1.29 is 0 Å². The van der Waals surface area contributed by atoms with Gasteiger partial charge in [0.15, 0.2) is 0 Å². The van der Waals surface area contributed by atoms with Gasteiger partial charge in [-0.15, -0.1) is 0 Å². The maximum Gasteiger partial charge on any atom is 0.115 e. The van der Waals surface area contributed by atoms with Crippen LogP contribution in [0.5, 0.6) is 0 Å². The number of unbranched alkanes of at least 4 members (excludes halogenated alkanes) is 4. The van der Waals surface area contributed by atoms with Gasteiger partial charge >= 0.3 is 0 Å². The monoisotopic (exact) mass is 249 g/mol. The second kappa shape index (κ2) is 9.86. The lowest BCUT2D eigenvalue weighted by atomic mass is 10.0. The van der Waals surface area contributed by atoms with Crippen molar-refractivity contribution in [2.75, 3.05) is 5.32 Å². The van der Waals surface area contributed by atoms with E-state index in [1.807, 2.05) is 12.4 Å². The molecule has 3 heteroatoms. The fourth-order valence-corrected chi connectivity index (χ4v) is 2.18. The van der Waals surface area contributed by atoms with Gasteiger partial charge in [-0.05, 0) is 12.8 Å². The van der Waals surface area contributed by atoms with Crippen molar-refractivity contribution >= 4 is 5.69 Å². The van der Waals surface area contributed by atoms with Crippen LogP contribution in [0, 0.1) is 0 Å². The zero-order valence-electron chi connectivity index (χ0n) is 11.9. The molecule has 1 aromatic rings. The first-order chi connectivity index (χ1) is 8.86. The maximum atomic E-state index is 4.06. The van der Waals surface area contributed by atoms with Crippen molar-refractivity contribution in [1.29, 1.82) is 0 Å². The van der Waals surface area contributed by atoms with E-state index >= 15 is 0 Å². The third-order valence-electron chi connectivity index (χ3n) is 3.24. The zero-order chi connectivity index (χ0) is 13.1. The third-order valence-corrected chi connectivity index (χ3v) is 3.24. The van der Waals surface area contributed by atoms with E-state index in [1.165, 1.54) is 51.4 Å². The Hall–Kier alpha value is -1.12. The Kier molecular flexibility index (Phi) is 8.19. The molecular formula is C15H27N3. The Labute approximate surface area is 111 Å². The summed E-state index contributed by atoms with van der Waals surface area (Å²) in [4.78, 5) is 8.11. The number of rotatable bonds is 10. The predicted molar refractivity (Wildman–Crippen MR) is 77.7 cm³/mol. The Morgan fingerprint density at radius 2 is 1.50 bits per heavy atom. The molecule has 1 N–H and O–H groups in total. The second-order valence-electron chi connectivity index (χ2n) is 4.96. The molecule has 0 spiro atoms. The summed E-state index contributed by atoms with van der Waals surface area (Å²) in [6.45, 7) is 4.51. The van der Waals surface area contributed by atoms with Crippen molar-refractivity contribution in [2.24, 2.45) is 0 Å². The lowest BCUT2D eigenvalue weighted by molar-refractivity contribution is 0.526. The Morgan fingerprint density at radius 3 is 2.00 bits per heavy atom. The van der Waals surface area contributed by atoms with Gasteiger partial charge in [-0.1, -0.05) is 52.4 Å². The first kappa shape index (κ1) is 14.9. The summed E-state index contributed by atoms with van der Waals surface area (Å²) >= 11 is 0. The van der Waals surface area contributed by atoms with Crippen LogP contribution in [-0.2, 0) is 0 Å². The van der Waals surface area contributed by atoms with Crippen LogP contribution in [0.2, 0.25) is 0 Å². The van der Waals surface area contributed by atoms with E-state index in [4.69, 9.17) is 0 Å². The molecular weight excluding hydrogens is 222 g/mol. The normalized spacial score (nSPS) is 10.8. The van der Waals surface area contributed by atoms with E-state index in [2.05, 4.69) is 29.1 Å². The van der Waals surface area contributed by atoms with Gasteiger partial charge in [0.1, 0.15) is 6.33 Å². The molecule has 0 amide bonds. The molecule has 1 heterocycles. The molecule has 0 unspecified atom stereocenters. The summed E-state index contributed by atoms with van der Waals surface area (Å²) in [5.74, 6) is 0. The summed E-state index contributed by atoms with van der Waals surface area (Å²) in [6, 6.07) is 0.578. The summed E-state index contributed by atoms with van der Waals surface area (Å²) < 4.78 is 0. The standard InChI is InChI=1S/C15H27N3/c1-3-5-7-9-14(10-8-6-4-2)18-15-11-16-13-17-12-15/h11-14,18H,3-10H2,1-2H3. The van der Waals surface area contributed by atoms with Crippen molar-refractivity contribution in [1.82, 2.24) is 9.97 Å². The third kappa shape index (κ3) is 6.58. The molecule has 0 aliphatic rings. The highest BCUT2D eigenvalue weighted by Gasteiger charge is 2.08. The Balaban J connectivity index is 2.37. The molecule has 0 aliphatic heterocycles. The maximum absolute atomic E-state index is 4.06. The largest absolute Gasteiger partial charge is 0.380 e. The van der Waals surface area contributed by atoms with E-state index in [-0.39, 0.29) is 0 Å². The highest BCUT2D eigenvalue weighted by atomic mass is 15.0. The van der Waals surface area contributed by atoms with E-state index in [9.17, 15) is 0 Å². The molecule has 0 atom stereocenters.